The molecule has 0 radical (unpaired) electrons. The number of aryl methyl sites for hydroxylation is 2. The van der Waals surface area contributed by atoms with Crippen LogP contribution in [0.4, 0.5) is 13.8 Å². The van der Waals surface area contributed by atoms with Crippen molar-refractivity contribution in [3.63, 3.8) is 0 Å². The lowest BCUT2D eigenvalue weighted by Crippen LogP contribution is -2.53. The maximum atomic E-state index is 15.9. The standard InChI is InChI=1S/C29H28F2N6OS/c1-5-17-13-22(31)26(19-7-8-21(30)28-25(19)20(14-32)29(33)39-28)24-16(3)34-37(27(17)24)10-9-18-15-36(23(38)6-2)12-11-35(18)4/h5-8,13,18H,1-2,9-12,15,33H2,3-4H3. The number of anilines is 1. The minimum Gasteiger partial charge on any atom is -0.389 e. The van der Waals surface area contributed by atoms with Gasteiger partial charge >= 0.3 is 0 Å². The van der Waals surface area contributed by atoms with Crippen LogP contribution >= 0.6 is 11.3 Å². The molecule has 3 heterocycles. The minimum atomic E-state index is -0.521. The number of piperazine rings is 1. The van der Waals surface area contributed by atoms with E-state index in [1.165, 1.54) is 24.3 Å². The molecule has 5 rings (SSSR count). The third-order valence-corrected chi connectivity index (χ3v) is 8.56. The molecule has 1 fully saturated rings. The number of nitrogens with zero attached hydrogens (tertiary/aromatic N) is 5. The zero-order valence-electron chi connectivity index (χ0n) is 21.8. The van der Waals surface area contributed by atoms with E-state index in [1.54, 1.807) is 17.9 Å². The molecule has 0 bridgehead atoms. The third kappa shape index (κ3) is 4.37. The van der Waals surface area contributed by atoms with Crippen molar-refractivity contribution < 1.29 is 13.6 Å². The summed E-state index contributed by atoms with van der Waals surface area (Å²) < 4.78 is 32.6. The van der Waals surface area contributed by atoms with Crippen molar-refractivity contribution in [2.75, 3.05) is 32.4 Å². The van der Waals surface area contributed by atoms with E-state index in [9.17, 15) is 14.4 Å². The molecular weight excluding hydrogens is 518 g/mol. The van der Waals surface area contributed by atoms with Gasteiger partial charge in [-0.2, -0.15) is 10.4 Å². The molecule has 1 saturated heterocycles. The average molecular weight is 547 g/mol. The fraction of sp³-hybridized carbons (Fsp3) is 0.276. The first kappa shape index (κ1) is 26.5. The summed E-state index contributed by atoms with van der Waals surface area (Å²) in [5, 5.41) is 15.6. The fourth-order valence-corrected chi connectivity index (χ4v) is 6.47. The van der Waals surface area contributed by atoms with E-state index in [1.807, 2.05) is 11.7 Å². The van der Waals surface area contributed by atoms with Crippen LogP contribution < -0.4 is 5.73 Å². The highest BCUT2D eigenvalue weighted by Gasteiger charge is 2.28. The second kappa shape index (κ2) is 10.2. The fourth-order valence-electron chi connectivity index (χ4n) is 5.52. The Morgan fingerprint density at radius 2 is 2.05 bits per heavy atom. The third-order valence-electron chi connectivity index (χ3n) is 7.53. The molecule has 1 aliphatic heterocycles. The molecule has 2 aromatic carbocycles. The van der Waals surface area contributed by atoms with Crippen molar-refractivity contribution in [3.8, 4) is 17.2 Å². The Morgan fingerprint density at radius 1 is 1.28 bits per heavy atom. The normalized spacial score (nSPS) is 16.1. The van der Waals surface area contributed by atoms with Crippen LogP contribution in [0.2, 0.25) is 0 Å². The van der Waals surface area contributed by atoms with Crippen LogP contribution in [-0.2, 0) is 11.3 Å². The summed E-state index contributed by atoms with van der Waals surface area (Å²) in [5.41, 5.74) is 8.69. The second-order valence-corrected chi connectivity index (χ2v) is 10.8. The maximum Gasteiger partial charge on any atom is 0.246 e. The lowest BCUT2D eigenvalue weighted by molar-refractivity contribution is -0.128. The molecule has 10 heteroatoms. The Hall–Kier alpha value is -4.07. The van der Waals surface area contributed by atoms with Gasteiger partial charge in [-0.15, -0.1) is 11.3 Å². The van der Waals surface area contributed by atoms with Crippen molar-refractivity contribution in [1.29, 1.82) is 5.26 Å². The topological polar surface area (TPSA) is 91.2 Å². The number of carbonyl (C=O) groups excluding carboxylic acids is 1. The lowest BCUT2D eigenvalue weighted by atomic mass is 9.93. The Balaban J connectivity index is 1.64. The molecule has 0 saturated carbocycles. The van der Waals surface area contributed by atoms with E-state index in [2.05, 4.69) is 24.1 Å². The molecule has 1 unspecified atom stereocenters. The number of nitriles is 1. The van der Waals surface area contributed by atoms with Gasteiger partial charge in [0.1, 0.15) is 22.7 Å². The van der Waals surface area contributed by atoms with Crippen molar-refractivity contribution in [2.45, 2.75) is 25.9 Å². The van der Waals surface area contributed by atoms with Crippen LogP contribution in [-0.4, -0.2) is 58.2 Å². The number of carbonyl (C=O) groups is 1. The van der Waals surface area contributed by atoms with Gasteiger partial charge in [0, 0.05) is 54.1 Å². The van der Waals surface area contributed by atoms with Crippen molar-refractivity contribution in [3.05, 3.63) is 65.9 Å². The number of nitrogens with two attached hydrogens (primary N) is 1. The van der Waals surface area contributed by atoms with E-state index in [0.717, 1.165) is 17.9 Å². The number of aromatic nitrogens is 2. The molecule has 1 aliphatic rings. The molecule has 4 aromatic rings. The Bertz CT molecular complexity index is 1700. The zero-order chi connectivity index (χ0) is 28.0. The van der Waals surface area contributed by atoms with E-state index < -0.39 is 11.6 Å². The van der Waals surface area contributed by atoms with Gasteiger partial charge in [-0.05, 0) is 44.2 Å². The van der Waals surface area contributed by atoms with Gasteiger partial charge in [-0.3, -0.25) is 14.4 Å². The van der Waals surface area contributed by atoms with Crippen LogP contribution in [0.15, 0.2) is 37.4 Å². The molecular formula is C29H28F2N6OS. The molecule has 0 aliphatic carbocycles. The first-order chi connectivity index (χ1) is 18.7. The lowest BCUT2D eigenvalue weighted by Gasteiger charge is -2.39. The molecule has 1 atom stereocenters. The molecule has 2 aromatic heterocycles. The molecule has 2 N–H and O–H groups in total. The van der Waals surface area contributed by atoms with Gasteiger partial charge in [0.15, 0.2) is 0 Å². The Kier molecular flexibility index (Phi) is 6.97. The van der Waals surface area contributed by atoms with E-state index in [4.69, 9.17) is 10.8 Å². The predicted molar refractivity (Wildman–Crippen MR) is 152 cm³/mol. The summed E-state index contributed by atoms with van der Waals surface area (Å²) in [6.45, 7) is 11.8. The summed E-state index contributed by atoms with van der Waals surface area (Å²) in [7, 11) is 2.04. The number of hydrogen-bond acceptors (Lipinski definition) is 6. The summed E-state index contributed by atoms with van der Waals surface area (Å²) in [5.74, 6) is -1.12. The summed E-state index contributed by atoms with van der Waals surface area (Å²) in [6, 6.07) is 6.34. The quantitative estimate of drug-likeness (QED) is 0.331. The number of fused-ring (bicyclic) bond motifs is 2. The highest BCUT2D eigenvalue weighted by molar-refractivity contribution is 7.23. The van der Waals surface area contributed by atoms with Crippen LogP contribution in [0.5, 0.6) is 0 Å². The highest BCUT2D eigenvalue weighted by Crippen LogP contribution is 2.44. The number of halogens is 2. The van der Waals surface area contributed by atoms with Crippen molar-refractivity contribution in [1.82, 2.24) is 19.6 Å². The predicted octanol–water partition coefficient (Wildman–Crippen LogP) is 5.32. The van der Waals surface area contributed by atoms with E-state index in [0.29, 0.717) is 59.2 Å². The maximum absolute atomic E-state index is 15.9. The molecule has 200 valence electrons. The minimum absolute atomic E-state index is 0.0843. The number of benzene rings is 2. The first-order valence-electron chi connectivity index (χ1n) is 12.5. The molecule has 7 nitrogen and oxygen atoms in total. The SMILES string of the molecule is C=CC(=O)N1CCN(C)C(CCn2nc(C)c3c(-c4ccc(F)c5sc(N)c(C#N)c45)c(F)cc(C=C)c32)C1. The Morgan fingerprint density at radius 3 is 2.74 bits per heavy atom. The van der Waals surface area contributed by atoms with E-state index in [-0.39, 0.29) is 32.8 Å². The summed E-state index contributed by atoms with van der Waals surface area (Å²) >= 11 is 0.977. The van der Waals surface area contributed by atoms with Crippen LogP contribution in [0.1, 0.15) is 23.2 Å². The Labute approximate surface area is 229 Å². The van der Waals surface area contributed by atoms with Crippen molar-refractivity contribution in [2.24, 2.45) is 0 Å². The smallest absolute Gasteiger partial charge is 0.246 e. The largest absolute Gasteiger partial charge is 0.389 e. The first-order valence-corrected chi connectivity index (χ1v) is 13.4. The van der Waals surface area contributed by atoms with Gasteiger partial charge in [0.2, 0.25) is 5.91 Å². The van der Waals surface area contributed by atoms with Crippen molar-refractivity contribution >= 4 is 49.3 Å². The number of nitrogen functional groups attached to an aromatic ring is 1. The van der Waals surface area contributed by atoms with Gasteiger partial charge in [0.25, 0.3) is 0 Å². The number of thiophene rings is 1. The highest BCUT2D eigenvalue weighted by atomic mass is 32.1. The van der Waals surface area contributed by atoms with Gasteiger partial charge in [0.05, 0.1) is 21.5 Å². The molecule has 0 spiro atoms. The van der Waals surface area contributed by atoms with Gasteiger partial charge in [-0.25, -0.2) is 8.78 Å². The average Bonchev–Trinajstić information content (AvgIpc) is 3.44. The summed E-state index contributed by atoms with van der Waals surface area (Å²) in [4.78, 5) is 16.2. The number of amides is 1. The second-order valence-electron chi connectivity index (χ2n) is 9.72. The number of rotatable bonds is 6. The molecule has 1 amide bonds. The van der Waals surface area contributed by atoms with E-state index >= 15 is 4.39 Å². The number of likely N-dealkylation sites (N-methyl/N-ethyl adjacent to an activating group) is 1. The zero-order valence-corrected chi connectivity index (χ0v) is 22.6. The van der Waals surface area contributed by atoms with Crippen LogP contribution in [0, 0.1) is 29.9 Å². The number of hydrogen-bond donors (Lipinski definition) is 1. The monoisotopic (exact) mass is 546 g/mol. The van der Waals surface area contributed by atoms with Gasteiger partial charge < -0.3 is 10.6 Å². The van der Waals surface area contributed by atoms with Crippen LogP contribution in [0.25, 0.3) is 38.2 Å². The molecule has 39 heavy (non-hydrogen) atoms. The van der Waals surface area contributed by atoms with Gasteiger partial charge in [-0.1, -0.05) is 25.3 Å². The summed E-state index contributed by atoms with van der Waals surface area (Å²) in [6.07, 6.45) is 3.63. The van der Waals surface area contributed by atoms with Crippen LogP contribution in [0.3, 0.4) is 0 Å².